The van der Waals surface area contributed by atoms with Gasteiger partial charge in [-0.3, -0.25) is 0 Å². The third kappa shape index (κ3) is 1.53. The molecule has 0 radical (unpaired) electrons. The van der Waals surface area contributed by atoms with E-state index in [1.807, 2.05) is 0 Å². The Morgan fingerprint density at radius 1 is 1.00 bits per heavy atom. The number of hydrogen-bond donors (Lipinski definition) is 2. The minimum absolute atomic E-state index is 0.548. The first kappa shape index (κ1) is 11.0. The second-order valence-corrected chi connectivity index (χ2v) is 7.81. The molecule has 0 unspecified atom stereocenters. The molecule has 0 amide bonds. The van der Waals surface area contributed by atoms with Crippen LogP contribution in [-0.2, 0) is 18.4 Å². The topological polar surface area (TPSA) is 27.8 Å². The van der Waals surface area contributed by atoms with Gasteiger partial charge < -0.3 is 10.3 Å². The van der Waals surface area contributed by atoms with E-state index in [1.165, 1.54) is 31.4 Å². The first-order chi connectivity index (χ1) is 9.31. The minimum Gasteiger partial charge on any atom is -0.361 e. The van der Waals surface area contributed by atoms with E-state index in [9.17, 15) is 0 Å². The number of aromatic nitrogens is 1. The molecule has 2 heteroatoms. The maximum Gasteiger partial charge on any atom is 0.0223 e. The lowest BCUT2D eigenvalue weighted by Crippen LogP contribution is -2.48. The van der Waals surface area contributed by atoms with E-state index in [0.29, 0.717) is 5.41 Å². The quantitative estimate of drug-likeness (QED) is 0.794. The van der Waals surface area contributed by atoms with Gasteiger partial charge in [0.25, 0.3) is 0 Å². The molecule has 102 valence electrons. The second kappa shape index (κ2) is 3.66. The van der Waals surface area contributed by atoms with Crippen molar-refractivity contribution in [2.75, 3.05) is 6.54 Å². The molecule has 0 spiro atoms. The number of aromatic amines is 1. The predicted octanol–water partition coefficient (Wildman–Crippen LogP) is 3.13. The van der Waals surface area contributed by atoms with Crippen LogP contribution in [0.25, 0.3) is 0 Å². The van der Waals surface area contributed by atoms with Crippen LogP contribution in [-0.4, -0.2) is 11.5 Å². The lowest BCUT2D eigenvalue weighted by atomic mass is 9.49. The Balaban J connectivity index is 1.56. The number of H-pyrrole nitrogens is 1. The van der Waals surface area contributed by atoms with Gasteiger partial charge >= 0.3 is 0 Å². The van der Waals surface area contributed by atoms with Gasteiger partial charge in [0.05, 0.1) is 0 Å². The van der Waals surface area contributed by atoms with Crippen LogP contribution in [0.3, 0.4) is 0 Å². The van der Waals surface area contributed by atoms with E-state index in [4.69, 9.17) is 0 Å². The maximum atomic E-state index is 3.85. The van der Waals surface area contributed by atoms with Crippen LogP contribution in [0.1, 0.15) is 55.5 Å². The van der Waals surface area contributed by atoms with Crippen LogP contribution in [0.5, 0.6) is 0 Å². The molecule has 0 aromatic carbocycles. The zero-order chi connectivity index (χ0) is 12.4. The highest BCUT2D eigenvalue weighted by Crippen LogP contribution is 2.60. The van der Waals surface area contributed by atoms with Crippen molar-refractivity contribution in [2.24, 2.45) is 17.8 Å². The summed E-state index contributed by atoms with van der Waals surface area (Å²) < 4.78 is 0. The molecule has 4 aliphatic carbocycles. The molecule has 0 saturated heterocycles. The van der Waals surface area contributed by atoms with Crippen LogP contribution in [0.15, 0.2) is 6.07 Å². The van der Waals surface area contributed by atoms with Crippen molar-refractivity contribution in [1.82, 2.24) is 10.3 Å². The molecule has 6 rings (SSSR count). The summed E-state index contributed by atoms with van der Waals surface area (Å²) in [5.41, 5.74) is 5.24. The Bertz CT molecular complexity index is 455. The molecule has 4 bridgehead atoms. The van der Waals surface area contributed by atoms with Crippen LogP contribution >= 0.6 is 0 Å². The number of rotatable bonds is 1. The monoisotopic (exact) mass is 256 g/mol. The van der Waals surface area contributed by atoms with Crippen LogP contribution in [0.4, 0.5) is 0 Å². The highest BCUT2D eigenvalue weighted by Gasteiger charge is 2.52. The van der Waals surface area contributed by atoms with Crippen molar-refractivity contribution in [2.45, 2.75) is 56.9 Å². The molecule has 19 heavy (non-hydrogen) atoms. The third-order valence-corrected chi connectivity index (χ3v) is 6.47. The molecule has 1 aromatic heterocycles. The lowest BCUT2D eigenvalue weighted by molar-refractivity contribution is -0.00702. The maximum absolute atomic E-state index is 3.85. The fourth-order valence-corrected chi connectivity index (χ4v) is 6.08. The number of hydrogen-bond acceptors (Lipinski definition) is 1. The summed E-state index contributed by atoms with van der Waals surface area (Å²) in [7, 11) is 0. The lowest BCUT2D eigenvalue weighted by Gasteiger charge is -2.56. The van der Waals surface area contributed by atoms with Crippen molar-refractivity contribution in [3.8, 4) is 0 Å². The van der Waals surface area contributed by atoms with Crippen molar-refractivity contribution >= 4 is 0 Å². The largest absolute Gasteiger partial charge is 0.361 e. The zero-order valence-electron chi connectivity index (χ0n) is 11.7. The first-order valence-electron chi connectivity index (χ1n) is 8.23. The molecule has 5 aliphatic rings. The number of nitrogens with one attached hydrogen (secondary N) is 2. The molecular formula is C17H24N2. The highest BCUT2D eigenvalue weighted by molar-refractivity contribution is 5.34. The number of fused-ring (bicyclic) bond motifs is 1. The van der Waals surface area contributed by atoms with E-state index in [-0.39, 0.29) is 0 Å². The molecule has 4 saturated carbocycles. The molecule has 4 fully saturated rings. The first-order valence-corrected chi connectivity index (χ1v) is 8.23. The minimum atomic E-state index is 0.548. The highest BCUT2D eigenvalue weighted by atomic mass is 14.9. The summed E-state index contributed by atoms with van der Waals surface area (Å²) in [5.74, 6) is 3.14. The molecule has 1 aliphatic heterocycles. The van der Waals surface area contributed by atoms with E-state index >= 15 is 0 Å². The molecule has 0 atom stereocenters. The van der Waals surface area contributed by atoms with E-state index in [1.54, 1.807) is 30.5 Å². The van der Waals surface area contributed by atoms with Crippen molar-refractivity contribution < 1.29 is 0 Å². The van der Waals surface area contributed by atoms with Crippen LogP contribution < -0.4 is 5.32 Å². The van der Waals surface area contributed by atoms with E-state index < -0.39 is 0 Å². The SMILES string of the molecule is c1c(C23CC4CC(CC(C4)C2)C3)[nH]c2c1CNCC2. The predicted molar refractivity (Wildman–Crippen MR) is 76.1 cm³/mol. The van der Waals surface area contributed by atoms with Crippen LogP contribution in [0, 0.1) is 17.8 Å². The molecular weight excluding hydrogens is 232 g/mol. The smallest absolute Gasteiger partial charge is 0.0223 e. The van der Waals surface area contributed by atoms with Gasteiger partial charge in [-0.25, -0.2) is 0 Å². The Hall–Kier alpha value is -0.760. The average Bonchev–Trinajstić information content (AvgIpc) is 2.81. The standard InChI is InChI=1S/C17H24N2/c1-2-18-10-14-6-16(19-15(1)14)17-7-11-3-12(8-17)5-13(4-11)9-17/h6,11-13,18-19H,1-5,7-10H2. The van der Waals surface area contributed by atoms with Gasteiger partial charge in [-0.15, -0.1) is 0 Å². The second-order valence-electron chi connectivity index (χ2n) is 7.81. The summed E-state index contributed by atoms with van der Waals surface area (Å²) in [4.78, 5) is 3.85. The van der Waals surface area contributed by atoms with Crippen molar-refractivity contribution in [3.63, 3.8) is 0 Å². The summed E-state index contributed by atoms with van der Waals surface area (Å²) in [6, 6.07) is 2.52. The molecule has 2 heterocycles. The summed E-state index contributed by atoms with van der Waals surface area (Å²) in [6.45, 7) is 2.23. The molecule has 2 nitrogen and oxygen atoms in total. The van der Waals surface area contributed by atoms with Gasteiger partial charge in [0.2, 0.25) is 0 Å². The summed E-state index contributed by atoms with van der Waals surface area (Å²) in [5, 5.41) is 3.51. The van der Waals surface area contributed by atoms with Gasteiger partial charge in [-0.1, -0.05) is 0 Å². The van der Waals surface area contributed by atoms with Crippen molar-refractivity contribution in [1.29, 1.82) is 0 Å². The van der Waals surface area contributed by atoms with Gasteiger partial charge in [-0.2, -0.15) is 0 Å². The summed E-state index contributed by atoms with van der Waals surface area (Å²) >= 11 is 0. The average molecular weight is 256 g/mol. The molecule has 2 N–H and O–H groups in total. The Morgan fingerprint density at radius 3 is 2.32 bits per heavy atom. The van der Waals surface area contributed by atoms with E-state index in [0.717, 1.165) is 30.8 Å². The van der Waals surface area contributed by atoms with Crippen LogP contribution in [0.2, 0.25) is 0 Å². The van der Waals surface area contributed by atoms with Gasteiger partial charge in [0.15, 0.2) is 0 Å². The fraction of sp³-hybridized carbons (Fsp3) is 0.765. The Labute approximate surface area is 115 Å². The normalized spacial score (nSPS) is 43.5. The third-order valence-electron chi connectivity index (χ3n) is 6.47. The van der Waals surface area contributed by atoms with Gasteiger partial charge in [0, 0.05) is 36.3 Å². The zero-order valence-corrected chi connectivity index (χ0v) is 11.7. The summed E-state index contributed by atoms with van der Waals surface area (Å²) in [6.07, 6.45) is 10.3. The van der Waals surface area contributed by atoms with Gasteiger partial charge in [-0.05, 0) is 67.9 Å². The van der Waals surface area contributed by atoms with E-state index in [2.05, 4.69) is 16.4 Å². The Morgan fingerprint density at radius 2 is 1.68 bits per heavy atom. The van der Waals surface area contributed by atoms with Gasteiger partial charge in [0.1, 0.15) is 0 Å². The van der Waals surface area contributed by atoms with Crippen molar-refractivity contribution in [3.05, 3.63) is 23.0 Å². The Kier molecular flexibility index (Phi) is 2.11. The molecule has 1 aromatic rings. The fourth-order valence-electron chi connectivity index (χ4n) is 6.08.